The van der Waals surface area contributed by atoms with E-state index in [9.17, 15) is 14.4 Å². The number of aromatic nitrogens is 2. The van der Waals surface area contributed by atoms with Crippen molar-refractivity contribution in [1.29, 1.82) is 0 Å². The molecule has 0 aromatic carbocycles. The molecule has 27 heavy (non-hydrogen) atoms. The third-order valence-electron chi connectivity index (χ3n) is 5.11. The van der Waals surface area contributed by atoms with Gasteiger partial charge in [-0.05, 0) is 32.6 Å². The van der Waals surface area contributed by atoms with Gasteiger partial charge in [-0.25, -0.2) is 9.78 Å². The van der Waals surface area contributed by atoms with Gasteiger partial charge in [-0.3, -0.25) is 14.2 Å². The first-order valence-electron chi connectivity index (χ1n) is 9.37. The van der Waals surface area contributed by atoms with Crippen LogP contribution in [-0.2, 0) is 16.1 Å². The van der Waals surface area contributed by atoms with Crippen LogP contribution in [0, 0.1) is 12.8 Å². The van der Waals surface area contributed by atoms with Crippen molar-refractivity contribution in [2.45, 2.75) is 59.0 Å². The summed E-state index contributed by atoms with van der Waals surface area (Å²) in [7, 11) is 0. The average molecular weight is 375 g/mol. The number of nitrogens with one attached hydrogen (secondary N) is 1. The molecule has 0 bridgehead atoms. The number of aryl methyl sites for hydroxylation is 1. The lowest BCUT2D eigenvalue weighted by Gasteiger charge is -2.29. The van der Waals surface area contributed by atoms with E-state index in [0.29, 0.717) is 5.92 Å². The molecule has 8 nitrogen and oxygen atoms in total. The molecule has 0 spiro atoms. The molecule has 1 saturated carbocycles. The Morgan fingerprint density at radius 3 is 2.81 bits per heavy atom. The summed E-state index contributed by atoms with van der Waals surface area (Å²) in [5.41, 5.74) is -0.357. The molecule has 1 N–H and O–H groups in total. The normalized spacial score (nSPS) is 19.8. The van der Waals surface area contributed by atoms with Gasteiger partial charge < -0.3 is 14.5 Å². The zero-order valence-electron chi connectivity index (χ0n) is 15.9. The van der Waals surface area contributed by atoms with E-state index in [1.54, 1.807) is 13.8 Å². The van der Waals surface area contributed by atoms with Gasteiger partial charge in [0, 0.05) is 6.04 Å². The van der Waals surface area contributed by atoms with E-state index >= 15 is 0 Å². The maximum atomic E-state index is 12.8. The molecular weight excluding hydrogens is 350 g/mol. The largest absolute Gasteiger partial charge is 0.462 e. The summed E-state index contributed by atoms with van der Waals surface area (Å²) in [5.74, 6) is -0.181. The number of carbonyl (C=O) groups is 2. The van der Waals surface area contributed by atoms with E-state index in [1.807, 2.05) is 0 Å². The monoisotopic (exact) mass is 375 g/mol. The standard InChI is InChI=1S/C19H25N3O5/c1-4-26-19(25)15-12(3)27-17-16(15)18(24)22(10-20-17)9-14(23)21-13-8-6-5-7-11(13)2/h10-11,13H,4-9H2,1-3H3,(H,21,23). The molecule has 0 radical (unpaired) electrons. The summed E-state index contributed by atoms with van der Waals surface area (Å²) in [6, 6.07) is 0.130. The van der Waals surface area contributed by atoms with Crippen molar-refractivity contribution in [2.24, 2.45) is 5.92 Å². The fourth-order valence-corrected chi connectivity index (χ4v) is 3.64. The molecule has 2 aromatic heterocycles. The molecule has 146 valence electrons. The Labute approximate surface area is 156 Å². The fraction of sp³-hybridized carbons (Fsp3) is 0.579. The number of carbonyl (C=O) groups excluding carboxylic acids is 2. The van der Waals surface area contributed by atoms with Crippen LogP contribution in [-0.4, -0.2) is 34.1 Å². The predicted octanol–water partition coefficient (Wildman–Crippen LogP) is 2.17. The summed E-state index contributed by atoms with van der Waals surface area (Å²) in [6.45, 7) is 5.42. The highest BCUT2D eigenvalue weighted by molar-refractivity contribution is 6.03. The molecule has 0 saturated heterocycles. The van der Waals surface area contributed by atoms with Crippen LogP contribution in [0.2, 0.25) is 0 Å². The lowest BCUT2D eigenvalue weighted by atomic mass is 9.86. The first-order chi connectivity index (χ1) is 12.9. The predicted molar refractivity (Wildman–Crippen MR) is 98.5 cm³/mol. The summed E-state index contributed by atoms with van der Waals surface area (Å²) in [5, 5.41) is 3.06. The molecular formula is C19H25N3O5. The van der Waals surface area contributed by atoms with Gasteiger partial charge in [0.15, 0.2) is 0 Å². The van der Waals surface area contributed by atoms with Gasteiger partial charge in [-0.2, -0.15) is 0 Å². The van der Waals surface area contributed by atoms with Crippen LogP contribution in [0.4, 0.5) is 0 Å². The molecule has 1 amide bonds. The molecule has 1 aliphatic carbocycles. The van der Waals surface area contributed by atoms with E-state index < -0.39 is 11.5 Å². The van der Waals surface area contributed by atoms with Crippen LogP contribution in [0.15, 0.2) is 15.5 Å². The van der Waals surface area contributed by atoms with E-state index in [-0.39, 0.29) is 47.5 Å². The second-order valence-electron chi connectivity index (χ2n) is 7.05. The molecule has 3 rings (SSSR count). The summed E-state index contributed by atoms with van der Waals surface area (Å²) in [6.07, 6.45) is 5.60. The van der Waals surface area contributed by atoms with Crippen LogP contribution in [0.25, 0.3) is 11.1 Å². The maximum absolute atomic E-state index is 12.8. The highest BCUT2D eigenvalue weighted by atomic mass is 16.5. The number of fused-ring (bicyclic) bond motifs is 1. The first-order valence-corrected chi connectivity index (χ1v) is 9.37. The molecule has 1 fully saturated rings. The second-order valence-corrected chi connectivity index (χ2v) is 7.05. The second kappa shape index (κ2) is 7.94. The van der Waals surface area contributed by atoms with Crippen LogP contribution < -0.4 is 10.9 Å². The number of nitrogens with zero attached hydrogens (tertiary/aromatic N) is 2. The minimum absolute atomic E-state index is 0.0484. The van der Waals surface area contributed by atoms with E-state index in [2.05, 4.69) is 17.2 Å². The zero-order valence-corrected chi connectivity index (χ0v) is 15.9. The Bertz CT molecular complexity index is 914. The van der Waals surface area contributed by atoms with Gasteiger partial charge in [-0.15, -0.1) is 0 Å². The number of amides is 1. The topological polar surface area (TPSA) is 103 Å². The number of hydrogen-bond donors (Lipinski definition) is 1. The molecule has 2 unspecified atom stereocenters. The lowest BCUT2D eigenvalue weighted by molar-refractivity contribution is -0.123. The van der Waals surface area contributed by atoms with Gasteiger partial charge >= 0.3 is 5.97 Å². The van der Waals surface area contributed by atoms with Crippen LogP contribution in [0.5, 0.6) is 0 Å². The Balaban J connectivity index is 1.86. The molecule has 2 aromatic rings. The zero-order chi connectivity index (χ0) is 19.6. The summed E-state index contributed by atoms with van der Waals surface area (Å²) in [4.78, 5) is 41.5. The Morgan fingerprint density at radius 2 is 2.11 bits per heavy atom. The summed E-state index contributed by atoms with van der Waals surface area (Å²) >= 11 is 0. The van der Waals surface area contributed by atoms with Gasteiger partial charge in [0.25, 0.3) is 5.56 Å². The number of furan rings is 1. The van der Waals surface area contributed by atoms with Gasteiger partial charge in [-0.1, -0.05) is 19.8 Å². The summed E-state index contributed by atoms with van der Waals surface area (Å²) < 4.78 is 11.6. The number of ether oxygens (including phenoxy) is 1. The minimum Gasteiger partial charge on any atom is -0.462 e. The van der Waals surface area contributed by atoms with E-state index in [1.165, 1.54) is 17.3 Å². The van der Waals surface area contributed by atoms with Crippen molar-refractivity contribution in [1.82, 2.24) is 14.9 Å². The van der Waals surface area contributed by atoms with Crippen molar-refractivity contribution < 1.29 is 18.7 Å². The third-order valence-corrected chi connectivity index (χ3v) is 5.11. The van der Waals surface area contributed by atoms with Crippen LogP contribution >= 0.6 is 0 Å². The van der Waals surface area contributed by atoms with Crippen molar-refractivity contribution in [3.8, 4) is 0 Å². The van der Waals surface area contributed by atoms with Gasteiger partial charge in [0.1, 0.15) is 29.6 Å². The van der Waals surface area contributed by atoms with Gasteiger partial charge in [0.05, 0.1) is 6.61 Å². The number of rotatable bonds is 5. The highest BCUT2D eigenvalue weighted by Gasteiger charge is 2.25. The number of hydrogen-bond acceptors (Lipinski definition) is 6. The van der Waals surface area contributed by atoms with Crippen LogP contribution in [0.3, 0.4) is 0 Å². The molecule has 8 heteroatoms. The van der Waals surface area contributed by atoms with E-state index in [4.69, 9.17) is 9.15 Å². The smallest absolute Gasteiger partial charge is 0.342 e. The van der Waals surface area contributed by atoms with Crippen molar-refractivity contribution in [3.63, 3.8) is 0 Å². The Kier molecular flexibility index (Phi) is 5.62. The molecule has 1 aliphatic rings. The maximum Gasteiger partial charge on any atom is 0.342 e. The Morgan fingerprint density at radius 1 is 1.37 bits per heavy atom. The first kappa shape index (κ1) is 19.1. The molecule has 2 atom stereocenters. The number of esters is 1. The van der Waals surface area contributed by atoms with Crippen LogP contribution in [0.1, 0.15) is 55.6 Å². The molecule has 0 aliphatic heterocycles. The lowest BCUT2D eigenvalue weighted by Crippen LogP contribution is -2.43. The highest BCUT2D eigenvalue weighted by Crippen LogP contribution is 2.24. The fourth-order valence-electron chi connectivity index (χ4n) is 3.64. The average Bonchev–Trinajstić information content (AvgIpc) is 2.96. The van der Waals surface area contributed by atoms with E-state index in [0.717, 1.165) is 19.3 Å². The Hall–Kier alpha value is -2.64. The SMILES string of the molecule is CCOC(=O)c1c(C)oc2ncn(CC(=O)NC3CCCCC3C)c(=O)c12. The van der Waals surface area contributed by atoms with Gasteiger partial charge in [0.2, 0.25) is 11.6 Å². The van der Waals surface area contributed by atoms with Crippen molar-refractivity contribution >= 4 is 23.0 Å². The third kappa shape index (κ3) is 3.89. The quantitative estimate of drug-likeness (QED) is 0.803. The minimum atomic E-state index is -0.633. The van der Waals surface area contributed by atoms with Crippen molar-refractivity contribution in [2.75, 3.05) is 6.61 Å². The molecule has 2 heterocycles. The van der Waals surface area contributed by atoms with Crippen molar-refractivity contribution in [3.05, 3.63) is 28.0 Å².